The lowest BCUT2D eigenvalue weighted by molar-refractivity contribution is -0.384. The van der Waals surface area contributed by atoms with Crippen molar-refractivity contribution in [3.63, 3.8) is 0 Å². The first-order valence-electron chi connectivity index (χ1n) is 7.48. The van der Waals surface area contributed by atoms with Crippen LogP contribution in [0.4, 0.5) is 5.69 Å². The molecule has 0 saturated carbocycles. The fourth-order valence-electron chi connectivity index (χ4n) is 3.77. The van der Waals surface area contributed by atoms with Crippen molar-refractivity contribution in [2.24, 2.45) is 0 Å². The third-order valence-electron chi connectivity index (χ3n) is 4.69. The standard InChI is InChI=1S/C20H11NO2/c22-21(23)12-9-10-17-18(11-12)16-8-4-3-7-14-13-5-1-2-6-15(13)20(17)19(14)16/h1-11H. The van der Waals surface area contributed by atoms with Gasteiger partial charge in [0.25, 0.3) is 5.69 Å². The number of hydrogen-bond acceptors (Lipinski definition) is 2. The van der Waals surface area contributed by atoms with Gasteiger partial charge in [-0.15, -0.1) is 0 Å². The van der Waals surface area contributed by atoms with E-state index in [0.29, 0.717) is 0 Å². The molecule has 0 aliphatic rings. The molecule has 0 fully saturated rings. The molecule has 0 amide bonds. The predicted octanol–water partition coefficient (Wildman–Crippen LogP) is 5.65. The predicted molar refractivity (Wildman–Crippen MR) is 94.3 cm³/mol. The Morgan fingerprint density at radius 1 is 0.609 bits per heavy atom. The average Bonchev–Trinajstić information content (AvgIpc) is 2.94. The molecule has 0 saturated heterocycles. The summed E-state index contributed by atoms with van der Waals surface area (Å²) in [5.41, 5.74) is 0.137. The van der Waals surface area contributed by atoms with Crippen LogP contribution in [0.5, 0.6) is 0 Å². The Bertz CT molecular complexity index is 1240. The van der Waals surface area contributed by atoms with Crippen LogP contribution in [0, 0.1) is 10.1 Å². The molecule has 5 aromatic carbocycles. The summed E-state index contributed by atoms with van der Waals surface area (Å²) < 4.78 is 0. The van der Waals surface area contributed by atoms with Crippen LogP contribution in [-0.4, -0.2) is 4.92 Å². The van der Waals surface area contributed by atoms with E-state index in [4.69, 9.17) is 0 Å². The monoisotopic (exact) mass is 297 g/mol. The van der Waals surface area contributed by atoms with E-state index in [0.717, 1.165) is 16.2 Å². The van der Waals surface area contributed by atoms with E-state index in [1.54, 1.807) is 12.1 Å². The Morgan fingerprint density at radius 2 is 1.09 bits per heavy atom. The second-order valence-electron chi connectivity index (χ2n) is 5.83. The Hall–Kier alpha value is -3.20. The third-order valence-corrected chi connectivity index (χ3v) is 4.69. The van der Waals surface area contributed by atoms with Crippen LogP contribution >= 0.6 is 0 Å². The first-order chi connectivity index (χ1) is 11.3. The quantitative estimate of drug-likeness (QED) is 0.296. The number of benzene rings is 2. The summed E-state index contributed by atoms with van der Waals surface area (Å²) in [7, 11) is 0. The molecule has 23 heavy (non-hydrogen) atoms. The number of hydrogen-bond donors (Lipinski definition) is 0. The number of non-ortho nitro benzene ring substituents is 1. The van der Waals surface area contributed by atoms with E-state index < -0.39 is 0 Å². The summed E-state index contributed by atoms with van der Waals surface area (Å²) in [6.45, 7) is 0. The summed E-state index contributed by atoms with van der Waals surface area (Å²) >= 11 is 0. The van der Waals surface area contributed by atoms with E-state index in [9.17, 15) is 10.1 Å². The van der Waals surface area contributed by atoms with E-state index in [1.807, 2.05) is 24.3 Å². The van der Waals surface area contributed by atoms with Crippen molar-refractivity contribution in [1.82, 2.24) is 0 Å². The first-order valence-corrected chi connectivity index (χ1v) is 7.48. The highest BCUT2D eigenvalue weighted by Crippen LogP contribution is 2.45. The SMILES string of the molecule is O=[N+]([O-])c1ccc2c(c1)c1ccccc3c4ccccc4c2c31. The van der Waals surface area contributed by atoms with Gasteiger partial charge in [-0.2, -0.15) is 0 Å². The highest BCUT2D eigenvalue weighted by Gasteiger charge is 2.18. The molecule has 0 N–H and O–H groups in total. The number of rotatable bonds is 1. The van der Waals surface area contributed by atoms with E-state index in [-0.39, 0.29) is 10.6 Å². The van der Waals surface area contributed by atoms with E-state index in [1.165, 1.54) is 26.9 Å². The smallest absolute Gasteiger partial charge is 0.258 e. The van der Waals surface area contributed by atoms with Crippen molar-refractivity contribution in [2.45, 2.75) is 0 Å². The number of nitro groups is 1. The van der Waals surface area contributed by atoms with Crippen LogP contribution < -0.4 is 0 Å². The second-order valence-corrected chi connectivity index (χ2v) is 5.83. The molecule has 108 valence electrons. The molecule has 3 heteroatoms. The van der Waals surface area contributed by atoms with Crippen molar-refractivity contribution < 1.29 is 4.92 Å². The van der Waals surface area contributed by atoms with Crippen molar-refractivity contribution in [2.75, 3.05) is 0 Å². The molecule has 0 atom stereocenters. The summed E-state index contributed by atoms with van der Waals surface area (Å²) in [5.74, 6) is 0. The number of nitrogens with zero attached hydrogens (tertiary/aromatic N) is 1. The van der Waals surface area contributed by atoms with Gasteiger partial charge >= 0.3 is 0 Å². The summed E-state index contributed by atoms with van der Waals surface area (Å²) in [5, 5.41) is 20.3. The van der Waals surface area contributed by atoms with Crippen LogP contribution in [-0.2, 0) is 0 Å². The van der Waals surface area contributed by atoms with Gasteiger partial charge in [0, 0.05) is 12.1 Å². The summed E-state index contributed by atoms with van der Waals surface area (Å²) in [6.07, 6.45) is 0. The van der Waals surface area contributed by atoms with Gasteiger partial charge in [-0.3, -0.25) is 10.1 Å². The highest BCUT2D eigenvalue weighted by molar-refractivity contribution is 6.41. The molecular weight excluding hydrogens is 286 g/mol. The average molecular weight is 297 g/mol. The lowest BCUT2D eigenvalue weighted by Crippen LogP contribution is -1.86. The van der Waals surface area contributed by atoms with Gasteiger partial charge in [-0.1, -0.05) is 48.5 Å². The molecular formula is C20H11NO2. The topological polar surface area (TPSA) is 43.1 Å². The molecule has 5 rings (SSSR count). The number of fused-ring (bicyclic) bond motifs is 6. The largest absolute Gasteiger partial charge is 0.270 e. The fraction of sp³-hybridized carbons (Fsp3) is 0. The lowest BCUT2D eigenvalue weighted by Gasteiger charge is -1.96. The maximum Gasteiger partial charge on any atom is 0.270 e. The Morgan fingerprint density at radius 3 is 1.65 bits per heavy atom. The number of nitro benzene ring substituents is 1. The van der Waals surface area contributed by atoms with Crippen LogP contribution in [0.15, 0.2) is 66.7 Å². The Labute approximate surface area is 131 Å². The van der Waals surface area contributed by atoms with Crippen molar-refractivity contribution >= 4 is 48.8 Å². The summed E-state index contributed by atoms with van der Waals surface area (Å²) in [4.78, 5) is 10.8. The Balaban J connectivity index is 2.16. The van der Waals surface area contributed by atoms with Gasteiger partial charge in [-0.25, -0.2) is 0 Å². The second kappa shape index (κ2) is 4.17. The van der Waals surface area contributed by atoms with Crippen molar-refractivity contribution in [3.05, 3.63) is 76.8 Å². The molecule has 0 aliphatic carbocycles. The molecule has 0 aromatic heterocycles. The Kier molecular flexibility index (Phi) is 2.24. The van der Waals surface area contributed by atoms with Crippen LogP contribution in [0.1, 0.15) is 0 Å². The fourth-order valence-corrected chi connectivity index (χ4v) is 3.77. The van der Waals surface area contributed by atoms with Gasteiger partial charge in [0.1, 0.15) is 0 Å². The summed E-state index contributed by atoms with van der Waals surface area (Å²) in [6, 6.07) is 21.8. The van der Waals surface area contributed by atoms with E-state index >= 15 is 0 Å². The molecule has 0 heterocycles. The molecule has 0 spiro atoms. The van der Waals surface area contributed by atoms with E-state index in [2.05, 4.69) is 30.3 Å². The first kappa shape index (κ1) is 12.4. The highest BCUT2D eigenvalue weighted by atomic mass is 16.6. The lowest BCUT2D eigenvalue weighted by atomic mass is 10.1. The third kappa shape index (κ3) is 1.48. The normalized spacial score (nSPS) is 11.8. The molecule has 0 aliphatic heterocycles. The zero-order valence-electron chi connectivity index (χ0n) is 12.1. The zero-order valence-corrected chi connectivity index (χ0v) is 12.1. The van der Waals surface area contributed by atoms with Gasteiger partial charge in [0.2, 0.25) is 0 Å². The molecule has 0 bridgehead atoms. The van der Waals surface area contributed by atoms with Crippen LogP contribution in [0.25, 0.3) is 43.1 Å². The molecule has 5 aromatic rings. The van der Waals surface area contributed by atoms with Gasteiger partial charge in [-0.05, 0) is 49.2 Å². The van der Waals surface area contributed by atoms with Crippen molar-refractivity contribution in [3.8, 4) is 0 Å². The maximum atomic E-state index is 11.1. The molecule has 0 unspecified atom stereocenters. The van der Waals surface area contributed by atoms with Crippen molar-refractivity contribution in [1.29, 1.82) is 0 Å². The van der Waals surface area contributed by atoms with Crippen LogP contribution in [0.3, 0.4) is 0 Å². The maximum absolute atomic E-state index is 11.1. The van der Waals surface area contributed by atoms with Gasteiger partial charge in [0.05, 0.1) is 4.92 Å². The minimum Gasteiger partial charge on any atom is -0.258 e. The van der Waals surface area contributed by atoms with Gasteiger partial charge in [0.15, 0.2) is 0 Å². The minimum atomic E-state index is -0.332. The van der Waals surface area contributed by atoms with Gasteiger partial charge < -0.3 is 0 Å². The minimum absolute atomic E-state index is 0.137. The molecule has 3 nitrogen and oxygen atoms in total. The molecule has 0 radical (unpaired) electrons. The van der Waals surface area contributed by atoms with Crippen LogP contribution in [0.2, 0.25) is 0 Å². The zero-order chi connectivity index (χ0) is 15.6.